The first-order chi connectivity index (χ1) is 22.0. The van der Waals surface area contributed by atoms with Gasteiger partial charge in [-0.3, -0.25) is 0 Å². The molecule has 4 aliphatic rings. The van der Waals surface area contributed by atoms with Crippen LogP contribution < -0.4 is 14.9 Å². The van der Waals surface area contributed by atoms with Crippen molar-refractivity contribution >= 4 is 19.7 Å². The molecule has 0 amide bonds. The van der Waals surface area contributed by atoms with Crippen LogP contribution in [-0.4, -0.2) is 62.4 Å². The van der Waals surface area contributed by atoms with E-state index in [2.05, 4.69) is 87.4 Å². The van der Waals surface area contributed by atoms with Crippen LogP contribution in [0.3, 0.4) is 0 Å². The van der Waals surface area contributed by atoms with E-state index in [4.69, 9.17) is 37.6 Å². The van der Waals surface area contributed by atoms with Gasteiger partial charge in [0.2, 0.25) is 0 Å². The zero-order valence-corrected chi connectivity index (χ0v) is 30.8. The summed E-state index contributed by atoms with van der Waals surface area (Å²) in [6.07, 6.45) is 6.34. The number of aryl methyl sites for hydroxylation is 2. The average molecular weight is 652 g/mol. The molecular weight excluding hydrogens is 594 g/mol. The first-order valence-electron chi connectivity index (χ1n) is 17.4. The molecule has 4 aliphatic heterocycles. The van der Waals surface area contributed by atoms with Crippen molar-refractivity contribution in [2.75, 3.05) is 13.2 Å². The summed E-state index contributed by atoms with van der Waals surface area (Å²) in [5.41, 5.74) is 2.31. The smallest absolute Gasteiger partial charge is 0.465 e. The third-order valence-electron chi connectivity index (χ3n) is 9.87. The maximum absolute atomic E-state index is 6.19. The van der Waals surface area contributed by atoms with Crippen molar-refractivity contribution in [3.05, 3.63) is 53.6 Å². The second kappa shape index (κ2) is 15.6. The molecular formula is C37H58B2O8. The standard InChI is InChI=1S/C18H27BO4.C12H16O2.C7H15BO2/c1-13-9-10-15(21-16-8-6-7-11-20-16)14(12-13)19-22-17(2,3)18(4,5)23-19;1-10-5-7-11(8-6-10)14-12-4-2-3-9-13-12;1-6(2)7(3,4)10-8(5)9-6/h9-10,12,16H,6-8,11H2,1-5H3;5-8,12H,2-4,9H2,1H3;1-5H3. The van der Waals surface area contributed by atoms with Crippen molar-refractivity contribution in [3.8, 4) is 11.5 Å². The van der Waals surface area contributed by atoms with E-state index >= 15 is 0 Å². The number of rotatable bonds is 5. The fraction of sp³-hybridized carbons (Fsp3) is 0.676. The molecule has 4 fully saturated rings. The number of hydrogen-bond acceptors (Lipinski definition) is 8. The van der Waals surface area contributed by atoms with E-state index in [0.717, 1.165) is 67.8 Å². The molecule has 0 aliphatic carbocycles. The fourth-order valence-corrected chi connectivity index (χ4v) is 5.59. The predicted molar refractivity (Wildman–Crippen MR) is 188 cm³/mol. The van der Waals surface area contributed by atoms with Crippen LogP contribution in [0.25, 0.3) is 0 Å². The monoisotopic (exact) mass is 652 g/mol. The number of ether oxygens (including phenoxy) is 4. The molecule has 0 saturated carbocycles. The molecule has 2 atom stereocenters. The summed E-state index contributed by atoms with van der Waals surface area (Å²) < 4.78 is 46.5. The minimum Gasteiger partial charge on any atom is -0.465 e. The molecule has 0 aromatic heterocycles. The highest BCUT2D eigenvalue weighted by molar-refractivity contribution is 6.63. The Bertz CT molecular complexity index is 1240. The summed E-state index contributed by atoms with van der Waals surface area (Å²) in [5.74, 6) is 1.70. The Hall–Kier alpha value is -2.07. The highest BCUT2D eigenvalue weighted by atomic mass is 16.7. The fourth-order valence-electron chi connectivity index (χ4n) is 5.59. The van der Waals surface area contributed by atoms with Crippen LogP contribution in [0.15, 0.2) is 42.5 Å². The molecule has 47 heavy (non-hydrogen) atoms. The lowest BCUT2D eigenvalue weighted by Crippen LogP contribution is -2.41. The number of benzene rings is 2. The lowest BCUT2D eigenvalue weighted by molar-refractivity contribution is -0.106. The van der Waals surface area contributed by atoms with E-state index in [9.17, 15) is 0 Å². The summed E-state index contributed by atoms with van der Waals surface area (Å²) in [6.45, 7) is 24.1. The summed E-state index contributed by atoms with van der Waals surface area (Å²) in [4.78, 5) is 0. The largest absolute Gasteiger partial charge is 0.498 e. The minimum absolute atomic E-state index is 0.0357. The third kappa shape index (κ3) is 10.2. The maximum Gasteiger partial charge on any atom is 0.498 e. The van der Waals surface area contributed by atoms with Gasteiger partial charge in [0.25, 0.3) is 0 Å². The Morgan fingerprint density at radius 1 is 0.596 bits per heavy atom. The SMILES string of the molecule is CB1OC(C)(C)C(C)(C)O1.Cc1ccc(OC2CCCCO2)c(B2OC(C)(C)C(C)(C)O2)c1.Cc1ccc(OC2CCCCO2)cc1. The Morgan fingerprint density at radius 2 is 1.06 bits per heavy atom. The second-order valence-corrected chi connectivity index (χ2v) is 15.1. The van der Waals surface area contributed by atoms with Gasteiger partial charge in [0.15, 0.2) is 12.6 Å². The molecule has 0 spiro atoms. The Morgan fingerprint density at radius 3 is 1.51 bits per heavy atom. The van der Waals surface area contributed by atoms with Gasteiger partial charge in [0.1, 0.15) is 11.5 Å². The predicted octanol–water partition coefficient (Wildman–Crippen LogP) is 7.81. The molecule has 10 heteroatoms. The van der Waals surface area contributed by atoms with E-state index in [1.807, 2.05) is 31.1 Å². The quantitative estimate of drug-likeness (QED) is 0.303. The van der Waals surface area contributed by atoms with Crippen LogP contribution in [0.4, 0.5) is 0 Å². The van der Waals surface area contributed by atoms with Gasteiger partial charge in [-0.1, -0.05) is 35.4 Å². The zero-order valence-electron chi connectivity index (χ0n) is 30.8. The van der Waals surface area contributed by atoms with Gasteiger partial charge in [-0.25, -0.2) is 0 Å². The molecule has 0 radical (unpaired) electrons. The van der Waals surface area contributed by atoms with Crippen LogP contribution in [0.5, 0.6) is 11.5 Å². The van der Waals surface area contributed by atoms with Crippen molar-refractivity contribution in [2.45, 2.75) is 150 Å². The van der Waals surface area contributed by atoms with Crippen LogP contribution in [-0.2, 0) is 28.1 Å². The van der Waals surface area contributed by atoms with Crippen LogP contribution in [0.1, 0.15) is 105 Å². The van der Waals surface area contributed by atoms with Gasteiger partial charge >= 0.3 is 14.2 Å². The summed E-state index contributed by atoms with van der Waals surface area (Å²) in [7, 11) is -0.483. The van der Waals surface area contributed by atoms with E-state index in [1.165, 1.54) is 12.0 Å². The van der Waals surface area contributed by atoms with Crippen LogP contribution in [0, 0.1) is 13.8 Å². The van der Waals surface area contributed by atoms with Crippen molar-refractivity contribution in [2.24, 2.45) is 0 Å². The Labute approximate surface area is 284 Å². The summed E-state index contributed by atoms with van der Waals surface area (Å²) in [6, 6.07) is 14.2. The van der Waals surface area contributed by atoms with E-state index in [1.54, 1.807) is 0 Å². The highest BCUT2D eigenvalue weighted by Gasteiger charge is 2.52. The first-order valence-corrected chi connectivity index (χ1v) is 17.4. The van der Waals surface area contributed by atoms with E-state index in [-0.39, 0.29) is 42.1 Å². The van der Waals surface area contributed by atoms with Gasteiger partial charge in [-0.05, 0) is 120 Å². The van der Waals surface area contributed by atoms with Gasteiger partial charge < -0.3 is 37.6 Å². The normalized spacial score (nSPS) is 25.6. The van der Waals surface area contributed by atoms with Crippen LogP contribution in [0.2, 0.25) is 6.82 Å². The molecule has 2 aromatic carbocycles. The Kier molecular flexibility index (Phi) is 12.6. The average Bonchev–Trinajstić information content (AvgIpc) is 3.34. The lowest BCUT2D eigenvalue weighted by atomic mass is 9.77. The highest BCUT2D eigenvalue weighted by Crippen LogP contribution is 2.38. The third-order valence-corrected chi connectivity index (χ3v) is 9.87. The number of hydrogen-bond donors (Lipinski definition) is 0. The van der Waals surface area contributed by atoms with Crippen molar-refractivity contribution < 1.29 is 37.6 Å². The van der Waals surface area contributed by atoms with E-state index < -0.39 is 7.12 Å². The topological polar surface area (TPSA) is 73.8 Å². The molecule has 260 valence electrons. The first kappa shape index (κ1) is 37.7. The van der Waals surface area contributed by atoms with Gasteiger partial charge in [0.05, 0.1) is 35.6 Å². The van der Waals surface area contributed by atoms with Crippen LogP contribution >= 0.6 is 0 Å². The van der Waals surface area contributed by atoms with Crippen molar-refractivity contribution in [1.29, 1.82) is 0 Å². The molecule has 4 saturated heterocycles. The van der Waals surface area contributed by atoms with Crippen molar-refractivity contribution in [3.63, 3.8) is 0 Å². The minimum atomic E-state index is -0.418. The molecule has 0 N–H and O–H groups in total. The molecule has 0 bridgehead atoms. The zero-order chi connectivity index (χ0) is 34.5. The summed E-state index contributed by atoms with van der Waals surface area (Å²) >= 11 is 0. The lowest BCUT2D eigenvalue weighted by Gasteiger charge is -2.32. The molecule has 4 heterocycles. The van der Waals surface area contributed by atoms with Crippen molar-refractivity contribution in [1.82, 2.24) is 0 Å². The molecule has 6 rings (SSSR count). The van der Waals surface area contributed by atoms with Gasteiger partial charge in [0, 0.05) is 18.3 Å². The molecule has 2 aromatic rings. The molecule has 8 nitrogen and oxygen atoms in total. The Balaban J connectivity index is 0.000000177. The summed E-state index contributed by atoms with van der Waals surface area (Å²) in [5, 5.41) is 0. The van der Waals surface area contributed by atoms with Gasteiger partial charge in [-0.2, -0.15) is 0 Å². The molecule has 2 unspecified atom stereocenters. The van der Waals surface area contributed by atoms with E-state index in [0.29, 0.717) is 0 Å². The van der Waals surface area contributed by atoms with Gasteiger partial charge in [-0.15, -0.1) is 0 Å². The maximum atomic E-state index is 6.19. The second-order valence-electron chi connectivity index (χ2n) is 15.1.